The highest BCUT2D eigenvalue weighted by molar-refractivity contribution is 7.80. The van der Waals surface area contributed by atoms with Crippen LogP contribution in [0.4, 0.5) is 11.4 Å². The lowest BCUT2D eigenvalue weighted by atomic mass is 10.2. The molecule has 0 fully saturated rings. The van der Waals surface area contributed by atoms with E-state index in [9.17, 15) is 0 Å². The minimum absolute atomic E-state index is 0.553. The number of benzene rings is 2. The molecule has 0 aliphatic rings. The van der Waals surface area contributed by atoms with Crippen LogP contribution in [0.5, 0.6) is 5.75 Å². The van der Waals surface area contributed by atoms with Gasteiger partial charge in [-0.05, 0) is 62.8 Å². The summed E-state index contributed by atoms with van der Waals surface area (Å²) in [5.74, 6) is 0.645. The van der Waals surface area contributed by atoms with Gasteiger partial charge in [0.2, 0.25) is 0 Å². The molecule has 0 heterocycles. The molecular weight excluding hydrogens is 366 g/mol. The highest BCUT2D eigenvalue weighted by Crippen LogP contribution is 2.27. The van der Waals surface area contributed by atoms with Crippen LogP contribution in [0.3, 0.4) is 0 Å². The summed E-state index contributed by atoms with van der Waals surface area (Å²) in [7, 11) is 1.59. The molecular formula is C20H26ClN3OS. The van der Waals surface area contributed by atoms with Gasteiger partial charge in [0.15, 0.2) is 5.11 Å². The number of nitrogens with zero attached hydrogens (tertiary/aromatic N) is 1. The fourth-order valence-electron chi connectivity index (χ4n) is 2.62. The van der Waals surface area contributed by atoms with Crippen molar-refractivity contribution in [1.82, 2.24) is 5.32 Å². The van der Waals surface area contributed by atoms with Gasteiger partial charge in [-0.25, -0.2) is 0 Å². The molecule has 0 spiro atoms. The second kappa shape index (κ2) is 10.2. The highest BCUT2D eigenvalue weighted by atomic mass is 35.5. The summed E-state index contributed by atoms with van der Waals surface area (Å²) in [6, 6.07) is 14.1. The van der Waals surface area contributed by atoms with Gasteiger partial charge >= 0.3 is 0 Å². The van der Waals surface area contributed by atoms with Crippen LogP contribution in [0.2, 0.25) is 5.02 Å². The zero-order valence-corrected chi connectivity index (χ0v) is 17.1. The average Bonchev–Trinajstić information content (AvgIpc) is 2.63. The van der Waals surface area contributed by atoms with Gasteiger partial charge in [-0.15, -0.1) is 0 Å². The zero-order chi connectivity index (χ0) is 18.9. The van der Waals surface area contributed by atoms with Crippen molar-refractivity contribution in [3.05, 3.63) is 53.1 Å². The third-order valence-corrected chi connectivity index (χ3v) is 4.62. The molecule has 0 atom stereocenters. The average molecular weight is 392 g/mol. The summed E-state index contributed by atoms with van der Waals surface area (Å²) in [5, 5.41) is 7.52. The Morgan fingerprint density at radius 1 is 1.19 bits per heavy atom. The van der Waals surface area contributed by atoms with Gasteiger partial charge < -0.3 is 20.3 Å². The number of thiocarbonyl (C=S) groups is 1. The maximum Gasteiger partial charge on any atom is 0.170 e. The van der Waals surface area contributed by atoms with Crippen molar-refractivity contribution in [1.29, 1.82) is 0 Å². The van der Waals surface area contributed by atoms with Crippen LogP contribution in [0, 0.1) is 6.92 Å². The highest BCUT2D eigenvalue weighted by Gasteiger charge is 2.05. The lowest BCUT2D eigenvalue weighted by Crippen LogP contribution is -2.32. The molecule has 0 bridgehead atoms. The predicted octanol–water partition coefficient (Wildman–Crippen LogP) is 4.86. The smallest absolute Gasteiger partial charge is 0.170 e. The van der Waals surface area contributed by atoms with Crippen molar-refractivity contribution in [2.45, 2.75) is 20.3 Å². The fourth-order valence-corrected chi connectivity index (χ4v) is 3.09. The molecule has 0 amide bonds. The van der Waals surface area contributed by atoms with Gasteiger partial charge in [-0.2, -0.15) is 0 Å². The molecule has 4 nitrogen and oxygen atoms in total. The zero-order valence-electron chi connectivity index (χ0n) is 15.5. The van der Waals surface area contributed by atoms with Crippen LogP contribution in [-0.4, -0.2) is 31.9 Å². The quantitative estimate of drug-likeness (QED) is 0.496. The Kier molecular flexibility index (Phi) is 8.01. The van der Waals surface area contributed by atoms with Crippen molar-refractivity contribution < 1.29 is 4.74 Å². The predicted molar refractivity (Wildman–Crippen MR) is 116 cm³/mol. The van der Waals surface area contributed by atoms with Crippen LogP contribution in [-0.2, 0) is 0 Å². The molecule has 2 aromatic carbocycles. The first-order chi connectivity index (χ1) is 12.5. The Bertz CT molecular complexity index is 721. The summed E-state index contributed by atoms with van der Waals surface area (Å²) < 4.78 is 5.15. The van der Waals surface area contributed by atoms with Crippen LogP contribution in [0.15, 0.2) is 42.5 Å². The minimum Gasteiger partial charge on any atom is -0.495 e. The van der Waals surface area contributed by atoms with Crippen LogP contribution in [0.25, 0.3) is 0 Å². The van der Waals surface area contributed by atoms with Gasteiger partial charge in [-0.3, -0.25) is 0 Å². The lowest BCUT2D eigenvalue weighted by molar-refractivity contribution is 0.415. The van der Waals surface area contributed by atoms with Crippen LogP contribution < -0.4 is 20.3 Å². The normalized spacial score (nSPS) is 10.3. The lowest BCUT2D eigenvalue weighted by Gasteiger charge is -2.23. The molecule has 26 heavy (non-hydrogen) atoms. The van der Waals surface area contributed by atoms with Gasteiger partial charge in [0, 0.05) is 31.0 Å². The fraction of sp³-hybridized carbons (Fsp3) is 0.350. The molecule has 0 unspecified atom stereocenters. The topological polar surface area (TPSA) is 36.5 Å². The van der Waals surface area contributed by atoms with Gasteiger partial charge in [-0.1, -0.05) is 29.3 Å². The molecule has 2 rings (SSSR count). The summed E-state index contributed by atoms with van der Waals surface area (Å²) in [5.41, 5.74) is 3.37. The van der Waals surface area contributed by atoms with E-state index in [1.807, 2.05) is 12.1 Å². The first kappa shape index (κ1) is 20.3. The van der Waals surface area contributed by atoms with Crippen molar-refractivity contribution in [2.75, 3.05) is 37.0 Å². The Morgan fingerprint density at radius 2 is 1.92 bits per heavy atom. The van der Waals surface area contributed by atoms with Crippen molar-refractivity contribution >= 4 is 40.3 Å². The largest absolute Gasteiger partial charge is 0.495 e. The summed E-state index contributed by atoms with van der Waals surface area (Å²) in [6.45, 7) is 7.04. The molecule has 2 aromatic rings. The maximum absolute atomic E-state index is 6.12. The minimum atomic E-state index is 0.553. The Hall–Kier alpha value is -1.98. The standard InChI is InChI=1S/C20H26ClN3OS/c1-4-24(17-9-6-15(2)7-10-17)13-5-12-22-20(26)23-16-8-11-19(25-3)18(21)14-16/h6-11,14H,4-5,12-13H2,1-3H3,(H2,22,23,26). The number of hydrogen-bond donors (Lipinski definition) is 2. The Labute approximate surface area is 166 Å². The molecule has 0 saturated carbocycles. The molecule has 0 saturated heterocycles. The SMILES string of the molecule is CCN(CCCNC(=S)Nc1ccc(OC)c(Cl)c1)c1ccc(C)cc1. The van der Waals surface area contributed by atoms with Crippen molar-refractivity contribution in [3.8, 4) is 5.75 Å². The van der Waals surface area contributed by atoms with E-state index in [-0.39, 0.29) is 0 Å². The molecule has 0 aliphatic carbocycles. The monoisotopic (exact) mass is 391 g/mol. The van der Waals surface area contributed by atoms with Crippen molar-refractivity contribution in [3.63, 3.8) is 0 Å². The van der Waals surface area contributed by atoms with Crippen LogP contribution in [0.1, 0.15) is 18.9 Å². The van der Waals surface area contributed by atoms with E-state index in [0.717, 1.165) is 31.7 Å². The molecule has 2 N–H and O–H groups in total. The molecule has 0 aromatic heterocycles. The van der Waals surface area contributed by atoms with E-state index in [4.69, 9.17) is 28.6 Å². The Balaban J connectivity index is 1.75. The third kappa shape index (κ3) is 6.07. The summed E-state index contributed by atoms with van der Waals surface area (Å²) >= 11 is 11.5. The van der Waals surface area contributed by atoms with Gasteiger partial charge in [0.25, 0.3) is 0 Å². The number of halogens is 1. The number of ether oxygens (including phenoxy) is 1. The number of anilines is 2. The van der Waals surface area contributed by atoms with Gasteiger partial charge in [0.05, 0.1) is 12.1 Å². The number of nitrogens with one attached hydrogen (secondary N) is 2. The first-order valence-corrected chi connectivity index (χ1v) is 9.52. The second-order valence-corrected chi connectivity index (χ2v) is 6.81. The summed E-state index contributed by atoms with van der Waals surface area (Å²) in [6.07, 6.45) is 0.993. The molecule has 140 valence electrons. The Morgan fingerprint density at radius 3 is 2.54 bits per heavy atom. The van der Waals surface area contributed by atoms with E-state index in [2.05, 4.69) is 53.6 Å². The number of methoxy groups -OCH3 is 1. The number of aryl methyl sites for hydroxylation is 1. The molecule has 0 radical (unpaired) electrons. The van der Waals surface area contributed by atoms with Crippen molar-refractivity contribution in [2.24, 2.45) is 0 Å². The van der Waals surface area contributed by atoms with Crippen LogP contribution >= 0.6 is 23.8 Å². The first-order valence-electron chi connectivity index (χ1n) is 8.73. The number of hydrogen-bond acceptors (Lipinski definition) is 3. The third-order valence-electron chi connectivity index (χ3n) is 4.08. The summed E-state index contributed by atoms with van der Waals surface area (Å²) in [4.78, 5) is 2.36. The van der Waals surface area contributed by atoms with Gasteiger partial charge in [0.1, 0.15) is 5.75 Å². The van der Waals surface area contributed by atoms with E-state index in [1.165, 1.54) is 11.3 Å². The second-order valence-electron chi connectivity index (χ2n) is 6.00. The van der Waals surface area contributed by atoms with E-state index in [1.54, 1.807) is 13.2 Å². The maximum atomic E-state index is 6.12. The van der Waals surface area contributed by atoms with E-state index in [0.29, 0.717) is 15.9 Å². The van der Waals surface area contributed by atoms with E-state index < -0.39 is 0 Å². The molecule has 0 aliphatic heterocycles. The molecule has 6 heteroatoms. The number of rotatable bonds is 8. The van der Waals surface area contributed by atoms with E-state index >= 15 is 0 Å².